The van der Waals surface area contributed by atoms with E-state index >= 15 is 0 Å². The first-order chi connectivity index (χ1) is 12.6. The fourth-order valence-corrected chi connectivity index (χ4v) is 2.52. The van der Waals surface area contributed by atoms with Gasteiger partial charge in [-0.25, -0.2) is 4.39 Å². The molecule has 0 atom stereocenters. The molecule has 0 saturated carbocycles. The van der Waals surface area contributed by atoms with Gasteiger partial charge in [0.2, 0.25) is 0 Å². The maximum Gasteiger partial charge on any atom is 0.291 e. The molecule has 3 aromatic rings. The van der Waals surface area contributed by atoms with Gasteiger partial charge in [0.05, 0.1) is 17.5 Å². The molecule has 2 amide bonds. The van der Waals surface area contributed by atoms with Crippen molar-refractivity contribution in [2.75, 3.05) is 5.32 Å². The van der Waals surface area contributed by atoms with E-state index in [9.17, 15) is 14.0 Å². The highest BCUT2D eigenvalue weighted by Crippen LogP contribution is 2.22. The average molecular weight is 352 g/mol. The lowest BCUT2D eigenvalue weighted by atomic mass is 10.1. The minimum atomic E-state index is -0.451. The zero-order chi connectivity index (χ0) is 18.5. The van der Waals surface area contributed by atoms with Gasteiger partial charge in [-0.1, -0.05) is 30.3 Å². The summed E-state index contributed by atoms with van der Waals surface area (Å²) in [6, 6.07) is 14.5. The third kappa shape index (κ3) is 3.80. The number of anilines is 1. The number of carbonyl (C=O) groups is 2. The molecule has 132 valence electrons. The van der Waals surface area contributed by atoms with Crippen molar-refractivity contribution in [2.24, 2.45) is 0 Å². The summed E-state index contributed by atoms with van der Waals surface area (Å²) < 4.78 is 18.8. The smallest absolute Gasteiger partial charge is 0.291 e. The first kappa shape index (κ1) is 17.4. The quantitative estimate of drug-likeness (QED) is 0.731. The molecule has 5 nitrogen and oxygen atoms in total. The number of furan rings is 1. The normalized spacial score (nSPS) is 10.4. The number of para-hydroxylation sites is 1. The number of carbonyl (C=O) groups excluding carboxylic acids is 2. The topological polar surface area (TPSA) is 71.3 Å². The summed E-state index contributed by atoms with van der Waals surface area (Å²) >= 11 is 0. The summed E-state index contributed by atoms with van der Waals surface area (Å²) in [6.07, 6.45) is 1.40. The minimum absolute atomic E-state index is 0.0466. The summed E-state index contributed by atoms with van der Waals surface area (Å²) in [6.45, 7) is 1.83. The largest absolute Gasteiger partial charge is 0.459 e. The molecule has 0 unspecified atom stereocenters. The molecule has 0 saturated heterocycles. The Labute approximate surface area is 149 Å². The van der Waals surface area contributed by atoms with Gasteiger partial charge in [-0.05, 0) is 36.8 Å². The zero-order valence-electron chi connectivity index (χ0n) is 14.1. The van der Waals surface area contributed by atoms with Gasteiger partial charge in [0.1, 0.15) is 5.82 Å². The summed E-state index contributed by atoms with van der Waals surface area (Å²) in [5, 5.41) is 5.38. The molecule has 6 heteroatoms. The van der Waals surface area contributed by atoms with E-state index in [1.165, 1.54) is 18.4 Å². The molecule has 26 heavy (non-hydrogen) atoms. The van der Waals surface area contributed by atoms with Crippen LogP contribution in [-0.2, 0) is 6.54 Å². The van der Waals surface area contributed by atoms with Crippen LogP contribution >= 0.6 is 0 Å². The molecule has 1 heterocycles. The Balaban J connectivity index is 1.79. The molecule has 0 aliphatic carbocycles. The van der Waals surface area contributed by atoms with E-state index < -0.39 is 11.8 Å². The first-order valence-corrected chi connectivity index (χ1v) is 8.02. The molecular weight excluding hydrogens is 335 g/mol. The molecule has 0 aliphatic rings. The number of benzene rings is 2. The molecule has 0 fully saturated rings. The lowest BCUT2D eigenvalue weighted by molar-refractivity contribution is 0.0951. The van der Waals surface area contributed by atoms with Crippen molar-refractivity contribution in [1.82, 2.24) is 5.32 Å². The Bertz CT molecular complexity index is 936. The van der Waals surface area contributed by atoms with E-state index in [-0.39, 0.29) is 18.1 Å². The Morgan fingerprint density at radius 3 is 2.54 bits per heavy atom. The van der Waals surface area contributed by atoms with Crippen LogP contribution in [-0.4, -0.2) is 11.8 Å². The monoisotopic (exact) mass is 352 g/mol. The lowest BCUT2D eigenvalue weighted by Gasteiger charge is -2.13. The zero-order valence-corrected chi connectivity index (χ0v) is 14.1. The van der Waals surface area contributed by atoms with Gasteiger partial charge >= 0.3 is 0 Å². The van der Waals surface area contributed by atoms with Crippen LogP contribution in [0.3, 0.4) is 0 Å². The molecule has 0 aliphatic heterocycles. The van der Waals surface area contributed by atoms with E-state index in [1.54, 1.807) is 49.4 Å². The van der Waals surface area contributed by atoms with Crippen LogP contribution in [0.4, 0.5) is 10.1 Å². The predicted molar refractivity (Wildman–Crippen MR) is 95.4 cm³/mol. The second-order valence-corrected chi connectivity index (χ2v) is 5.70. The van der Waals surface area contributed by atoms with Crippen LogP contribution in [0, 0.1) is 12.7 Å². The standard InChI is InChI=1S/C20H17FN2O3/c1-13-6-4-8-15(18(13)23-20(25)17-10-5-11-26-17)19(24)22-12-14-7-2-3-9-16(14)21/h2-11H,12H2,1H3,(H,22,24)(H,23,25). The lowest BCUT2D eigenvalue weighted by Crippen LogP contribution is -2.25. The number of halogens is 1. The highest BCUT2D eigenvalue weighted by atomic mass is 19.1. The average Bonchev–Trinajstić information content (AvgIpc) is 3.17. The van der Waals surface area contributed by atoms with Gasteiger partial charge in [0, 0.05) is 12.1 Å². The molecule has 3 rings (SSSR count). The van der Waals surface area contributed by atoms with E-state index in [1.807, 2.05) is 0 Å². The van der Waals surface area contributed by atoms with Crippen molar-refractivity contribution in [1.29, 1.82) is 0 Å². The molecule has 0 bridgehead atoms. The van der Waals surface area contributed by atoms with Crippen molar-refractivity contribution < 1.29 is 18.4 Å². The summed E-state index contributed by atoms with van der Waals surface area (Å²) in [7, 11) is 0. The second-order valence-electron chi connectivity index (χ2n) is 5.70. The molecule has 0 spiro atoms. The first-order valence-electron chi connectivity index (χ1n) is 8.02. The van der Waals surface area contributed by atoms with E-state index in [2.05, 4.69) is 10.6 Å². The van der Waals surface area contributed by atoms with Crippen LogP contribution < -0.4 is 10.6 Å². The summed E-state index contributed by atoms with van der Waals surface area (Å²) in [4.78, 5) is 24.8. The highest BCUT2D eigenvalue weighted by molar-refractivity contribution is 6.08. The Morgan fingerprint density at radius 1 is 1.00 bits per heavy atom. The maximum absolute atomic E-state index is 13.7. The molecular formula is C20H17FN2O3. The van der Waals surface area contributed by atoms with Gasteiger partial charge in [-0.15, -0.1) is 0 Å². The van der Waals surface area contributed by atoms with E-state index in [0.717, 1.165) is 5.56 Å². The Morgan fingerprint density at radius 2 is 1.81 bits per heavy atom. The van der Waals surface area contributed by atoms with Gasteiger partial charge in [0.15, 0.2) is 5.76 Å². The summed E-state index contributed by atoms with van der Waals surface area (Å²) in [5.41, 5.74) is 1.79. The molecule has 2 aromatic carbocycles. The van der Waals surface area contributed by atoms with Crippen molar-refractivity contribution >= 4 is 17.5 Å². The third-order valence-electron chi connectivity index (χ3n) is 3.90. The fraction of sp³-hybridized carbons (Fsp3) is 0.100. The van der Waals surface area contributed by atoms with Gasteiger partial charge in [0.25, 0.3) is 11.8 Å². The third-order valence-corrected chi connectivity index (χ3v) is 3.90. The van der Waals surface area contributed by atoms with Crippen LogP contribution in [0.2, 0.25) is 0 Å². The van der Waals surface area contributed by atoms with E-state index in [4.69, 9.17) is 4.42 Å². The van der Waals surface area contributed by atoms with Gasteiger partial charge < -0.3 is 15.1 Å². The second kappa shape index (κ2) is 7.65. The Hall–Kier alpha value is -3.41. The van der Waals surface area contributed by atoms with Crippen LogP contribution in [0.15, 0.2) is 65.3 Å². The number of rotatable bonds is 5. The fourth-order valence-electron chi connectivity index (χ4n) is 2.52. The number of hydrogen-bond donors (Lipinski definition) is 2. The minimum Gasteiger partial charge on any atom is -0.459 e. The van der Waals surface area contributed by atoms with Crippen LogP contribution in [0.25, 0.3) is 0 Å². The number of hydrogen-bond acceptors (Lipinski definition) is 3. The van der Waals surface area contributed by atoms with Crippen molar-refractivity contribution in [3.05, 3.63) is 89.1 Å². The van der Waals surface area contributed by atoms with Crippen molar-refractivity contribution in [3.63, 3.8) is 0 Å². The Kier molecular flexibility index (Phi) is 5.12. The van der Waals surface area contributed by atoms with Crippen LogP contribution in [0.1, 0.15) is 32.0 Å². The van der Waals surface area contributed by atoms with Crippen molar-refractivity contribution in [2.45, 2.75) is 13.5 Å². The maximum atomic E-state index is 13.7. The van der Waals surface area contributed by atoms with Crippen LogP contribution in [0.5, 0.6) is 0 Å². The molecule has 0 radical (unpaired) electrons. The molecule has 2 N–H and O–H groups in total. The predicted octanol–water partition coefficient (Wildman–Crippen LogP) is 3.91. The SMILES string of the molecule is Cc1cccc(C(=O)NCc2ccccc2F)c1NC(=O)c1ccco1. The summed E-state index contributed by atoms with van der Waals surface area (Å²) in [5.74, 6) is -1.10. The van der Waals surface area contributed by atoms with Crippen molar-refractivity contribution in [3.8, 4) is 0 Å². The molecule has 1 aromatic heterocycles. The van der Waals surface area contributed by atoms with Gasteiger partial charge in [-0.2, -0.15) is 0 Å². The van der Waals surface area contributed by atoms with Gasteiger partial charge in [-0.3, -0.25) is 9.59 Å². The number of nitrogens with one attached hydrogen (secondary N) is 2. The number of amides is 2. The number of aryl methyl sites for hydroxylation is 1. The highest BCUT2D eigenvalue weighted by Gasteiger charge is 2.17. The van der Waals surface area contributed by atoms with E-state index in [0.29, 0.717) is 16.8 Å².